The van der Waals surface area contributed by atoms with Gasteiger partial charge in [-0.3, -0.25) is 14.4 Å². The van der Waals surface area contributed by atoms with Crippen LogP contribution in [0.3, 0.4) is 0 Å². The molecule has 6 atom stereocenters. The lowest BCUT2D eigenvalue weighted by Crippen LogP contribution is -2.50. The maximum absolute atomic E-state index is 12.4. The van der Waals surface area contributed by atoms with Gasteiger partial charge in [-0.1, -0.05) is 37.6 Å². The van der Waals surface area contributed by atoms with Gasteiger partial charge in [0.05, 0.1) is 0 Å². The Morgan fingerprint density at radius 1 is 1.21 bits per heavy atom. The summed E-state index contributed by atoms with van der Waals surface area (Å²) in [5, 5.41) is 0. The van der Waals surface area contributed by atoms with Gasteiger partial charge in [0.2, 0.25) is 0 Å². The molecule has 4 aliphatic carbocycles. The molecule has 2 fully saturated rings. The first-order valence-electron chi connectivity index (χ1n) is 10.6. The minimum absolute atomic E-state index is 0.0569. The van der Waals surface area contributed by atoms with Gasteiger partial charge in [-0.15, -0.1) is 0 Å². The molecule has 0 N–H and O–H groups in total. The number of rotatable bonds is 1. The second-order valence-corrected chi connectivity index (χ2v) is 9.99. The third-order valence-electron chi connectivity index (χ3n) is 8.81. The number of allylic oxidation sites excluding steroid dienone is 6. The second-order valence-electron chi connectivity index (χ2n) is 9.99. The lowest BCUT2D eigenvalue weighted by molar-refractivity contribution is -0.161. The third-order valence-corrected chi connectivity index (χ3v) is 8.81. The van der Waals surface area contributed by atoms with E-state index in [4.69, 9.17) is 4.74 Å². The van der Waals surface area contributed by atoms with Gasteiger partial charge in [0, 0.05) is 29.6 Å². The van der Waals surface area contributed by atoms with Gasteiger partial charge in [-0.05, 0) is 50.2 Å². The Balaban J connectivity index is 1.55. The third kappa shape index (κ3) is 2.09. The molecule has 1 spiro atoms. The van der Waals surface area contributed by atoms with Crippen LogP contribution in [0.1, 0.15) is 59.3 Å². The maximum Gasteiger partial charge on any atom is 0.317 e. The molecule has 1 saturated carbocycles. The summed E-state index contributed by atoms with van der Waals surface area (Å²) >= 11 is 0. The van der Waals surface area contributed by atoms with Crippen LogP contribution in [0.4, 0.5) is 0 Å². The second kappa shape index (κ2) is 5.55. The van der Waals surface area contributed by atoms with Gasteiger partial charge < -0.3 is 4.74 Å². The number of hydrogen-bond donors (Lipinski definition) is 0. The van der Waals surface area contributed by atoms with Crippen molar-refractivity contribution in [2.24, 2.45) is 28.6 Å². The van der Waals surface area contributed by atoms with Crippen LogP contribution < -0.4 is 0 Å². The summed E-state index contributed by atoms with van der Waals surface area (Å²) < 4.78 is 6.01. The number of esters is 1. The monoisotopic (exact) mass is 380 g/mol. The van der Waals surface area contributed by atoms with Crippen molar-refractivity contribution in [2.75, 3.05) is 0 Å². The van der Waals surface area contributed by atoms with Crippen LogP contribution in [0.15, 0.2) is 35.5 Å². The van der Waals surface area contributed by atoms with E-state index >= 15 is 0 Å². The van der Waals surface area contributed by atoms with Gasteiger partial charge in [-0.2, -0.15) is 0 Å². The number of hydrogen-bond acceptors (Lipinski definition) is 4. The summed E-state index contributed by atoms with van der Waals surface area (Å²) in [6.07, 6.45) is 13.4. The predicted molar refractivity (Wildman–Crippen MR) is 104 cm³/mol. The van der Waals surface area contributed by atoms with E-state index in [1.165, 1.54) is 12.5 Å². The van der Waals surface area contributed by atoms with Crippen LogP contribution >= 0.6 is 0 Å². The van der Waals surface area contributed by atoms with Crippen LogP contribution in [0.5, 0.6) is 0 Å². The highest BCUT2D eigenvalue weighted by molar-refractivity contribution is 5.99. The minimum Gasteiger partial charge on any atom is -0.458 e. The van der Waals surface area contributed by atoms with Crippen molar-refractivity contribution >= 4 is 17.5 Å². The molecule has 1 heterocycles. The molecule has 0 aromatic rings. The van der Waals surface area contributed by atoms with Crippen LogP contribution in [0.25, 0.3) is 0 Å². The van der Waals surface area contributed by atoms with E-state index < -0.39 is 11.5 Å². The smallest absolute Gasteiger partial charge is 0.317 e. The molecule has 4 nitrogen and oxygen atoms in total. The van der Waals surface area contributed by atoms with Crippen LogP contribution in [0.2, 0.25) is 0 Å². The molecule has 148 valence electrons. The molecular formula is C24H28O4. The molecule has 28 heavy (non-hydrogen) atoms. The number of ketones is 2. The average molecular weight is 380 g/mol. The van der Waals surface area contributed by atoms with E-state index in [0.29, 0.717) is 24.7 Å². The molecule has 0 aromatic heterocycles. The molecule has 5 rings (SSSR count). The average Bonchev–Trinajstić information content (AvgIpc) is 3.13. The summed E-state index contributed by atoms with van der Waals surface area (Å²) in [5.74, 6) is -0.0511. The lowest BCUT2D eigenvalue weighted by Gasteiger charge is -2.52. The summed E-state index contributed by atoms with van der Waals surface area (Å²) in [6.45, 7) is 6.05. The van der Waals surface area contributed by atoms with Crippen molar-refractivity contribution in [3.63, 3.8) is 0 Å². The van der Waals surface area contributed by atoms with Gasteiger partial charge in [0.1, 0.15) is 17.3 Å². The molecular weight excluding hydrogens is 352 g/mol. The highest BCUT2D eigenvalue weighted by Gasteiger charge is 2.67. The van der Waals surface area contributed by atoms with Gasteiger partial charge in [0.15, 0.2) is 5.78 Å². The molecule has 5 aliphatic rings. The SMILES string of the molecule is CC(=O)C1C[C@@]2(CCC3C4C=CC5=CC(=O)CC[C@]5(C)C4=CC[C@@]32C)OC1=O. The molecule has 1 saturated heterocycles. The maximum atomic E-state index is 12.4. The number of fused-ring (bicyclic) bond motifs is 6. The quantitative estimate of drug-likeness (QED) is 0.390. The lowest BCUT2D eigenvalue weighted by atomic mass is 9.52. The van der Waals surface area contributed by atoms with Crippen LogP contribution in [-0.2, 0) is 19.1 Å². The molecule has 0 amide bonds. The van der Waals surface area contributed by atoms with E-state index in [0.717, 1.165) is 31.3 Å². The number of carbonyl (C=O) groups is 3. The van der Waals surface area contributed by atoms with E-state index in [-0.39, 0.29) is 28.4 Å². The number of carbonyl (C=O) groups excluding carboxylic acids is 3. The molecule has 0 aromatic carbocycles. The van der Waals surface area contributed by atoms with Crippen molar-refractivity contribution in [1.82, 2.24) is 0 Å². The van der Waals surface area contributed by atoms with Crippen molar-refractivity contribution in [2.45, 2.75) is 64.9 Å². The van der Waals surface area contributed by atoms with Crippen molar-refractivity contribution in [3.8, 4) is 0 Å². The van der Waals surface area contributed by atoms with Gasteiger partial charge in [-0.25, -0.2) is 0 Å². The van der Waals surface area contributed by atoms with E-state index in [2.05, 4.69) is 32.1 Å². The first-order valence-corrected chi connectivity index (χ1v) is 10.6. The van der Waals surface area contributed by atoms with Crippen molar-refractivity contribution in [1.29, 1.82) is 0 Å². The van der Waals surface area contributed by atoms with Crippen molar-refractivity contribution < 1.29 is 19.1 Å². The molecule has 0 bridgehead atoms. The van der Waals surface area contributed by atoms with Crippen LogP contribution in [-0.4, -0.2) is 23.1 Å². The van der Waals surface area contributed by atoms with Gasteiger partial charge >= 0.3 is 5.97 Å². The van der Waals surface area contributed by atoms with E-state index in [9.17, 15) is 14.4 Å². The summed E-state index contributed by atoms with van der Waals surface area (Å²) in [5.41, 5.74) is 1.87. The molecule has 0 radical (unpaired) electrons. The topological polar surface area (TPSA) is 60.4 Å². The Labute approximate surface area is 166 Å². The van der Waals surface area contributed by atoms with Gasteiger partial charge in [0.25, 0.3) is 0 Å². The zero-order valence-corrected chi connectivity index (χ0v) is 16.9. The summed E-state index contributed by atoms with van der Waals surface area (Å²) in [7, 11) is 0. The Morgan fingerprint density at radius 3 is 2.71 bits per heavy atom. The van der Waals surface area contributed by atoms with E-state index in [1.54, 1.807) is 0 Å². The minimum atomic E-state index is -0.598. The Kier molecular flexibility index (Phi) is 3.58. The van der Waals surface area contributed by atoms with Crippen LogP contribution in [0, 0.1) is 28.6 Å². The highest BCUT2D eigenvalue weighted by atomic mass is 16.6. The fourth-order valence-electron chi connectivity index (χ4n) is 6.95. The predicted octanol–water partition coefficient (Wildman–Crippen LogP) is 4.11. The van der Waals surface area contributed by atoms with E-state index in [1.807, 2.05) is 6.08 Å². The number of ether oxygens (including phenoxy) is 1. The largest absolute Gasteiger partial charge is 0.458 e. The molecule has 1 aliphatic heterocycles. The first-order chi connectivity index (χ1) is 13.2. The highest BCUT2D eigenvalue weighted by Crippen LogP contribution is 2.67. The number of Topliss-reactive ketones (excluding diaryl/α,β-unsaturated/α-hetero) is 1. The standard InChI is InChI=1S/C24H28O4/c1-14(25)18-13-24(28-21(18)27)11-8-20-17-5-4-15-12-16(26)6-9-22(15,2)19(17)7-10-23(20,24)3/h4-5,7,12,17-18,20H,6,8-11,13H2,1-3H3/t17?,18?,20?,22-,23-,24+/m0/s1. The Morgan fingerprint density at radius 2 is 2.00 bits per heavy atom. The zero-order chi connectivity index (χ0) is 19.9. The normalized spacial score (nSPS) is 46.5. The first kappa shape index (κ1) is 18.1. The summed E-state index contributed by atoms with van der Waals surface area (Å²) in [6, 6.07) is 0. The fourth-order valence-corrected chi connectivity index (χ4v) is 6.95. The molecule has 4 heteroatoms. The zero-order valence-electron chi connectivity index (χ0n) is 16.9. The fraction of sp³-hybridized carbons (Fsp3) is 0.625. The Hall–Kier alpha value is -1.97. The summed E-state index contributed by atoms with van der Waals surface area (Å²) in [4.78, 5) is 36.3. The van der Waals surface area contributed by atoms with Crippen molar-refractivity contribution in [3.05, 3.63) is 35.5 Å². The molecule has 3 unspecified atom stereocenters. The Bertz CT molecular complexity index is 892.